The van der Waals surface area contributed by atoms with Gasteiger partial charge in [-0.1, -0.05) is 6.07 Å². The van der Waals surface area contributed by atoms with Gasteiger partial charge >= 0.3 is 5.97 Å². The first-order valence-electron chi connectivity index (χ1n) is 13.4. The van der Waals surface area contributed by atoms with Crippen molar-refractivity contribution >= 4 is 16.9 Å². The molecule has 5 rings (SSSR count). The van der Waals surface area contributed by atoms with Gasteiger partial charge in [0.1, 0.15) is 11.1 Å². The third-order valence-electron chi connectivity index (χ3n) is 8.22. The number of carbonyl (C=O) groups is 1. The van der Waals surface area contributed by atoms with Crippen molar-refractivity contribution < 1.29 is 33.7 Å². The molecule has 2 atom stereocenters. The zero-order chi connectivity index (χ0) is 24.9. The molecular weight excluding hydrogens is 464 g/mol. The number of ether oxygens (including phenoxy) is 3. The number of carboxylic acids is 1. The van der Waals surface area contributed by atoms with Crippen LogP contribution < -0.4 is 9.47 Å². The topological polar surface area (TPSA) is 114 Å². The molecule has 198 valence electrons. The number of likely N-dealkylation sites (tertiary alicyclic amines) is 1. The fourth-order valence-electron chi connectivity index (χ4n) is 5.91. The van der Waals surface area contributed by atoms with Crippen LogP contribution in [0.5, 0.6) is 11.6 Å². The normalized spacial score (nSPS) is 28.2. The van der Waals surface area contributed by atoms with Gasteiger partial charge in [-0.05, 0) is 87.2 Å². The number of hydrogen-bond donors (Lipinski definition) is 2. The summed E-state index contributed by atoms with van der Waals surface area (Å²) in [6.07, 6.45) is 6.55. The minimum atomic E-state index is -0.701. The lowest BCUT2D eigenvalue weighted by molar-refractivity contribution is -0.149. The Kier molecular flexibility index (Phi) is 8.29. The second-order valence-electron chi connectivity index (χ2n) is 10.7. The van der Waals surface area contributed by atoms with Crippen molar-refractivity contribution in [2.75, 3.05) is 46.1 Å². The van der Waals surface area contributed by atoms with Crippen LogP contribution >= 0.6 is 0 Å². The van der Waals surface area contributed by atoms with Gasteiger partial charge in [0.2, 0.25) is 0 Å². The zero-order valence-corrected chi connectivity index (χ0v) is 20.8. The Bertz CT molecular complexity index is 995. The Morgan fingerprint density at radius 1 is 1.08 bits per heavy atom. The molecular formula is C27H38N2O7. The number of piperidine rings is 1. The van der Waals surface area contributed by atoms with Crippen LogP contribution in [0, 0.1) is 23.7 Å². The minimum Gasteiger partial charge on any atom is -0.489 e. The van der Waals surface area contributed by atoms with E-state index in [0.29, 0.717) is 49.5 Å². The molecule has 2 aromatic rings. The van der Waals surface area contributed by atoms with Gasteiger partial charge in [0.05, 0.1) is 25.2 Å². The maximum atomic E-state index is 11.6. The van der Waals surface area contributed by atoms with Crippen molar-refractivity contribution in [2.45, 2.75) is 51.0 Å². The summed E-state index contributed by atoms with van der Waals surface area (Å²) in [5, 5.41) is 23.9. The summed E-state index contributed by atoms with van der Waals surface area (Å²) in [7, 11) is 0. The zero-order valence-electron chi connectivity index (χ0n) is 20.8. The Morgan fingerprint density at radius 2 is 1.89 bits per heavy atom. The number of benzene rings is 1. The lowest BCUT2D eigenvalue weighted by atomic mass is 9.87. The number of carboxylic acid groups (broad SMARTS) is 1. The molecule has 0 radical (unpaired) electrons. The minimum absolute atomic E-state index is 0.0580. The van der Waals surface area contributed by atoms with E-state index in [1.165, 1.54) is 0 Å². The molecule has 9 heteroatoms. The van der Waals surface area contributed by atoms with Crippen molar-refractivity contribution in [1.29, 1.82) is 0 Å². The number of fused-ring (bicyclic) bond motifs is 1. The first-order valence-corrected chi connectivity index (χ1v) is 13.4. The molecule has 1 aliphatic carbocycles. The third-order valence-corrected chi connectivity index (χ3v) is 8.22. The van der Waals surface area contributed by atoms with Gasteiger partial charge in [0, 0.05) is 25.7 Å². The molecule has 2 N–H and O–H groups in total. The average Bonchev–Trinajstić information content (AvgIpc) is 3.33. The maximum absolute atomic E-state index is 11.6. The van der Waals surface area contributed by atoms with Crippen molar-refractivity contribution in [3.8, 4) is 11.6 Å². The Hall–Kier alpha value is -2.36. The van der Waals surface area contributed by atoms with E-state index < -0.39 is 5.97 Å². The lowest BCUT2D eigenvalue weighted by Crippen LogP contribution is -2.44. The highest BCUT2D eigenvalue weighted by atomic mass is 16.5. The van der Waals surface area contributed by atoms with Crippen molar-refractivity contribution in [1.82, 2.24) is 10.1 Å². The molecule has 1 saturated carbocycles. The SMILES string of the molecule is O=C(O)C1CCOCC1CN1CCC(COc2noc3cccc(OC4CCC(CO)CC4)c23)CC1. The summed E-state index contributed by atoms with van der Waals surface area (Å²) >= 11 is 0. The second kappa shape index (κ2) is 11.8. The number of aliphatic hydroxyl groups is 1. The van der Waals surface area contributed by atoms with Crippen LogP contribution in [0.2, 0.25) is 0 Å². The van der Waals surface area contributed by atoms with Gasteiger partial charge in [-0.25, -0.2) is 0 Å². The summed E-state index contributed by atoms with van der Waals surface area (Å²) in [6, 6.07) is 5.74. The third kappa shape index (κ3) is 5.95. The first-order chi connectivity index (χ1) is 17.6. The number of hydrogen-bond acceptors (Lipinski definition) is 8. The number of aliphatic hydroxyl groups excluding tert-OH is 1. The molecule has 0 spiro atoms. The molecule has 2 unspecified atom stereocenters. The van der Waals surface area contributed by atoms with Crippen molar-refractivity contribution in [2.24, 2.45) is 23.7 Å². The molecule has 0 bridgehead atoms. The van der Waals surface area contributed by atoms with E-state index in [4.69, 9.17) is 18.7 Å². The van der Waals surface area contributed by atoms with Crippen molar-refractivity contribution in [3.63, 3.8) is 0 Å². The smallest absolute Gasteiger partial charge is 0.307 e. The molecule has 36 heavy (non-hydrogen) atoms. The first kappa shape index (κ1) is 25.3. The van der Waals surface area contributed by atoms with E-state index in [-0.39, 0.29) is 24.5 Å². The van der Waals surface area contributed by atoms with Crippen LogP contribution in [0.25, 0.3) is 11.0 Å². The Morgan fingerprint density at radius 3 is 2.64 bits per heavy atom. The highest BCUT2D eigenvalue weighted by Crippen LogP contribution is 2.37. The second-order valence-corrected chi connectivity index (χ2v) is 10.7. The van der Waals surface area contributed by atoms with Crippen LogP contribution in [-0.4, -0.2) is 78.4 Å². The summed E-state index contributed by atoms with van der Waals surface area (Å²) < 4.78 is 23.6. The van der Waals surface area contributed by atoms with Crippen molar-refractivity contribution in [3.05, 3.63) is 18.2 Å². The van der Waals surface area contributed by atoms with E-state index in [1.54, 1.807) is 0 Å². The summed E-state index contributed by atoms with van der Waals surface area (Å²) in [4.78, 5) is 14.0. The predicted octanol–water partition coefficient (Wildman–Crippen LogP) is 3.59. The molecule has 1 aromatic carbocycles. The fourth-order valence-corrected chi connectivity index (χ4v) is 5.91. The summed E-state index contributed by atoms with van der Waals surface area (Å²) in [5.74, 6) is 1.07. The van der Waals surface area contributed by atoms with Gasteiger partial charge in [0.15, 0.2) is 5.58 Å². The van der Waals surface area contributed by atoms with E-state index in [1.807, 2.05) is 18.2 Å². The average molecular weight is 503 g/mol. The molecule has 2 aliphatic heterocycles. The van der Waals surface area contributed by atoms with E-state index in [0.717, 1.165) is 69.3 Å². The standard InChI is InChI=1S/C27H38N2O7/c30-15-18-4-6-21(7-5-18)35-23-2-1-3-24-25(23)26(28-36-24)34-16-19-8-11-29(12-9-19)14-20-17-33-13-10-22(20)27(31)32/h1-3,18-22,30H,4-17H2,(H,31,32). The maximum Gasteiger partial charge on any atom is 0.307 e. The van der Waals surface area contributed by atoms with E-state index in [2.05, 4.69) is 10.1 Å². The number of nitrogens with zero attached hydrogens (tertiary/aromatic N) is 2. The monoisotopic (exact) mass is 502 g/mol. The quantitative estimate of drug-likeness (QED) is 0.531. The predicted molar refractivity (Wildman–Crippen MR) is 132 cm³/mol. The molecule has 3 heterocycles. The van der Waals surface area contributed by atoms with Crippen LogP contribution in [0.4, 0.5) is 0 Å². The molecule has 3 aliphatic rings. The highest BCUT2D eigenvalue weighted by Gasteiger charge is 2.34. The Balaban J connectivity index is 1.13. The summed E-state index contributed by atoms with van der Waals surface area (Å²) in [6.45, 7) is 4.54. The van der Waals surface area contributed by atoms with E-state index >= 15 is 0 Å². The van der Waals surface area contributed by atoms with Crippen LogP contribution in [-0.2, 0) is 9.53 Å². The molecule has 2 saturated heterocycles. The lowest BCUT2D eigenvalue weighted by Gasteiger charge is -2.37. The molecule has 0 amide bonds. The van der Waals surface area contributed by atoms with Gasteiger partial charge in [0.25, 0.3) is 5.88 Å². The molecule has 1 aromatic heterocycles. The molecule has 3 fully saturated rings. The van der Waals surface area contributed by atoms with Gasteiger partial charge in [-0.15, -0.1) is 0 Å². The van der Waals surface area contributed by atoms with E-state index in [9.17, 15) is 15.0 Å². The van der Waals surface area contributed by atoms with Gasteiger partial charge in [-0.2, -0.15) is 0 Å². The Labute approximate surface area is 211 Å². The fraction of sp³-hybridized carbons (Fsp3) is 0.704. The van der Waals surface area contributed by atoms with Gasteiger partial charge < -0.3 is 33.8 Å². The van der Waals surface area contributed by atoms with Crippen LogP contribution in [0.15, 0.2) is 22.7 Å². The summed E-state index contributed by atoms with van der Waals surface area (Å²) in [5.41, 5.74) is 0.657. The van der Waals surface area contributed by atoms with Crippen LogP contribution in [0.1, 0.15) is 44.9 Å². The largest absolute Gasteiger partial charge is 0.489 e. The number of rotatable bonds is 9. The highest BCUT2D eigenvalue weighted by molar-refractivity contribution is 5.88. The number of aliphatic carboxylic acids is 1. The van der Waals surface area contributed by atoms with Gasteiger partial charge in [-0.3, -0.25) is 4.79 Å². The van der Waals surface area contributed by atoms with Crippen LogP contribution in [0.3, 0.4) is 0 Å². The molecule has 9 nitrogen and oxygen atoms in total. The number of aromatic nitrogens is 1.